The van der Waals surface area contributed by atoms with E-state index in [0.717, 1.165) is 25.9 Å². The highest BCUT2D eigenvalue weighted by Crippen LogP contribution is 2.09. The number of nitrogens with one attached hydrogen (secondary N) is 1. The second-order valence-corrected chi connectivity index (χ2v) is 4.21. The van der Waals surface area contributed by atoms with Crippen LogP contribution in [0.3, 0.4) is 0 Å². The Kier molecular flexibility index (Phi) is 3.41. The van der Waals surface area contributed by atoms with Crippen LogP contribution in [0.15, 0.2) is 17.2 Å². The first-order valence-corrected chi connectivity index (χ1v) is 5.70. The summed E-state index contributed by atoms with van der Waals surface area (Å²) in [5.41, 5.74) is -0.213. The van der Waals surface area contributed by atoms with Crippen LogP contribution in [0.1, 0.15) is 12.8 Å². The van der Waals surface area contributed by atoms with Gasteiger partial charge in [-0.2, -0.15) is 0 Å². The van der Waals surface area contributed by atoms with Crippen LogP contribution < -0.4 is 10.5 Å². The van der Waals surface area contributed by atoms with Crippen molar-refractivity contribution in [3.8, 4) is 0 Å². The van der Waals surface area contributed by atoms with Gasteiger partial charge in [0.2, 0.25) is 5.91 Å². The first-order valence-electron chi connectivity index (χ1n) is 5.70. The number of carbonyl (C=O) groups excluding carboxylic acids is 1. The molecule has 0 atom stereocenters. The highest BCUT2D eigenvalue weighted by atomic mass is 16.2. The molecule has 1 aliphatic heterocycles. The average molecular weight is 236 g/mol. The van der Waals surface area contributed by atoms with E-state index in [-0.39, 0.29) is 18.0 Å². The number of hydrogen-bond donors (Lipinski definition) is 1. The van der Waals surface area contributed by atoms with E-state index in [4.69, 9.17) is 0 Å². The lowest BCUT2D eigenvalue weighted by Crippen LogP contribution is -2.37. The topological polar surface area (TPSA) is 69.3 Å². The predicted molar refractivity (Wildman–Crippen MR) is 63.9 cm³/mol. The molecule has 2 rings (SSSR count). The summed E-state index contributed by atoms with van der Waals surface area (Å²) in [5, 5.41) is 0. The Morgan fingerprint density at radius 3 is 2.88 bits per heavy atom. The van der Waals surface area contributed by atoms with Crippen LogP contribution in [0.2, 0.25) is 0 Å². The minimum atomic E-state index is -0.213. The molecule has 1 aromatic heterocycles. The number of anilines is 1. The van der Waals surface area contributed by atoms with Crippen molar-refractivity contribution in [2.45, 2.75) is 12.8 Å². The number of nitrogens with zero attached hydrogens (tertiary/aromatic N) is 3. The van der Waals surface area contributed by atoms with E-state index in [0.29, 0.717) is 5.82 Å². The zero-order chi connectivity index (χ0) is 12.3. The Balaban J connectivity index is 1.98. The van der Waals surface area contributed by atoms with Crippen LogP contribution >= 0.6 is 0 Å². The summed E-state index contributed by atoms with van der Waals surface area (Å²) < 4.78 is 0. The van der Waals surface area contributed by atoms with E-state index in [1.54, 1.807) is 11.9 Å². The smallest absolute Gasteiger partial charge is 0.252 e. The molecule has 0 unspecified atom stereocenters. The minimum Gasteiger partial charge on any atom is -0.350 e. The summed E-state index contributed by atoms with van der Waals surface area (Å²) in [7, 11) is 1.76. The van der Waals surface area contributed by atoms with E-state index in [1.165, 1.54) is 12.4 Å². The molecule has 0 bridgehead atoms. The third-order valence-corrected chi connectivity index (χ3v) is 2.89. The molecule has 1 aliphatic rings. The number of amides is 1. The summed E-state index contributed by atoms with van der Waals surface area (Å²) in [6.07, 6.45) is 3.51. The quantitative estimate of drug-likeness (QED) is 0.791. The summed E-state index contributed by atoms with van der Waals surface area (Å²) in [5.74, 6) is 0.605. The number of hydrogen-bond acceptors (Lipinski definition) is 4. The molecule has 17 heavy (non-hydrogen) atoms. The van der Waals surface area contributed by atoms with Crippen molar-refractivity contribution in [3.63, 3.8) is 0 Å². The van der Waals surface area contributed by atoms with Gasteiger partial charge in [0.05, 0.1) is 12.9 Å². The second-order valence-electron chi connectivity index (χ2n) is 4.21. The fraction of sp³-hybridized carbons (Fsp3) is 0.545. The average Bonchev–Trinajstić information content (AvgIpc) is 2.82. The molecule has 0 radical (unpaired) electrons. The molecule has 1 aromatic rings. The monoisotopic (exact) mass is 236 g/mol. The number of likely N-dealkylation sites (tertiary alicyclic amines) is 1. The van der Waals surface area contributed by atoms with Crippen molar-refractivity contribution in [3.05, 3.63) is 22.7 Å². The Labute approximate surface area is 99.3 Å². The highest BCUT2D eigenvalue weighted by Gasteiger charge is 2.19. The standard InChI is InChI=1S/C11H16N4O2/c1-14(9-6-10(16)13-8-12-9)7-11(17)15-4-2-3-5-15/h6,8H,2-5,7H2,1H3,(H,12,13,16). The fourth-order valence-corrected chi connectivity index (χ4v) is 1.92. The van der Waals surface area contributed by atoms with Gasteiger partial charge in [0.1, 0.15) is 5.82 Å². The van der Waals surface area contributed by atoms with Gasteiger partial charge in [-0.25, -0.2) is 4.98 Å². The Morgan fingerprint density at radius 2 is 2.24 bits per heavy atom. The van der Waals surface area contributed by atoms with Crippen LogP contribution in [-0.2, 0) is 4.79 Å². The molecule has 2 heterocycles. The number of aromatic amines is 1. The second kappa shape index (κ2) is 4.99. The summed E-state index contributed by atoms with van der Waals surface area (Å²) >= 11 is 0. The number of aromatic nitrogens is 2. The zero-order valence-electron chi connectivity index (χ0n) is 9.85. The zero-order valence-corrected chi connectivity index (χ0v) is 9.85. The third kappa shape index (κ3) is 2.83. The predicted octanol–water partition coefficient (Wildman–Crippen LogP) is -0.172. The van der Waals surface area contributed by atoms with Crippen molar-refractivity contribution in [1.82, 2.24) is 14.9 Å². The maximum Gasteiger partial charge on any atom is 0.252 e. The lowest BCUT2D eigenvalue weighted by atomic mass is 10.4. The van der Waals surface area contributed by atoms with E-state index < -0.39 is 0 Å². The van der Waals surface area contributed by atoms with Gasteiger partial charge in [0.15, 0.2) is 0 Å². The van der Waals surface area contributed by atoms with Gasteiger partial charge in [-0.1, -0.05) is 0 Å². The Bertz CT molecular complexity index is 451. The highest BCUT2D eigenvalue weighted by molar-refractivity contribution is 5.81. The van der Waals surface area contributed by atoms with E-state index in [9.17, 15) is 9.59 Å². The molecular weight excluding hydrogens is 220 g/mol. The molecule has 1 N–H and O–H groups in total. The first kappa shape index (κ1) is 11.6. The number of H-pyrrole nitrogens is 1. The van der Waals surface area contributed by atoms with Crippen molar-refractivity contribution < 1.29 is 4.79 Å². The van der Waals surface area contributed by atoms with E-state index >= 15 is 0 Å². The molecule has 6 heteroatoms. The molecule has 0 aliphatic carbocycles. The van der Waals surface area contributed by atoms with Gasteiger partial charge in [0.25, 0.3) is 5.56 Å². The summed E-state index contributed by atoms with van der Waals surface area (Å²) in [6.45, 7) is 1.95. The molecule has 1 fully saturated rings. The van der Waals surface area contributed by atoms with E-state index in [2.05, 4.69) is 9.97 Å². The third-order valence-electron chi connectivity index (χ3n) is 2.89. The number of rotatable bonds is 3. The first-order chi connectivity index (χ1) is 8.16. The number of carbonyl (C=O) groups is 1. The summed E-state index contributed by atoms with van der Waals surface area (Å²) in [4.78, 5) is 33.0. The molecule has 0 saturated carbocycles. The lowest BCUT2D eigenvalue weighted by molar-refractivity contribution is -0.128. The van der Waals surface area contributed by atoms with Crippen LogP contribution in [0.5, 0.6) is 0 Å². The van der Waals surface area contributed by atoms with Gasteiger partial charge in [-0.3, -0.25) is 9.59 Å². The number of likely N-dealkylation sites (N-methyl/N-ethyl adjacent to an activating group) is 1. The van der Waals surface area contributed by atoms with Gasteiger partial charge >= 0.3 is 0 Å². The summed E-state index contributed by atoms with van der Waals surface area (Å²) in [6, 6.07) is 1.39. The van der Waals surface area contributed by atoms with Gasteiger partial charge in [-0.05, 0) is 12.8 Å². The molecule has 1 amide bonds. The molecule has 0 aromatic carbocycles. The van der Waals surface area contributed by atoms with E-state index in [1.807, 2.05) is 4.90 Å². The maximum absolute atomic E-state index is 11.9. The molecule has 92 valence electrons. The SMILES string of the molecule is CN(CC(=O)N1CCCC1)c1cc(=O)[nH]cn1. The van der Waals surface area contributed by atoms with Crippen LogP contribution in [-0.4, -0.2) is 47.5 Å². The van der Waals surface area contributed by atoms with Crippen molar-refractivity contribution in [2.24, 2.45) is 0 Å². The molecule has 6 nitrogen and oxygen atoms in total. The molecule has 1 saturated heterocycles. The van der Waals surface area contributed by atoms with Gasteiger partial charge in [0, 0.05) is 26.2 Å². The molecular formula is C11H16N4O2. The minimum absolute atomic E-state index is 0.0899. The Morgan fingerprint density at radius 1 is 1.53 bits per heavy atom. The van der Waals surface area contributed by atoms with Crippen molar-refractivity contribution in [1.29, 1.82) is 0 Å². The van der Waals surface area contributed by atoms with Crippen molar-refractivity contribution in [2.75, 3.05) is 31.6 Å². The normalized spacial score (nSPS) is 15.0. The lowest BCUT2D eigenvalue weighted by Gasteiger charge is -2.21. The fourth-order valence-electron chi connectivity index (χ4n) is 1.92. The Hall–Kier alpha value is -1.85. The molecule has 0 spiro atoms. The van der Waals surface area contributed by atoms with Crippen LogP contribution in [0.4, 0.5) is 5.82 Å². The van der Waals surface area contributed by atoms with Crippen LogP contribution in [0, 0.1) is 0 Å². The maximum atomic E-state index is 11.9. The van der Waals surface area contributed by atoms with Gasteiger partial charge < -0.3 is 14.8 Å². The largest absolute Gasteiger partial charge is 0.350 e. The van der Waals surface area contributed by atoms with Gasteiger partial charge in [-0.15, -0.1) is 0 Å². The van der Waals surface area contributed by atoms with Crippen molar-refractivity contribution >= 4 is 11.7 Å². The van der Waals surface area contributed by atoms with Crippen LogP contribution in [0.25, 0.3) is 0 Å².